The Morgan fingerprint density at radius 2 is 2.00 bits per heavy atom. The molecule has 1 unspecified atom stereocenters. The fourth-order valence-electron chi connectivity index (χ4n) is 1.31. The molecule has 6 heteroatoms. The van der Waals surface area contributed by atoms with Crippen LogP contribution in [0.25, 0.3) is 0 Å². The van der Waals surface area contributed by atoms with Gasteiger partial charge in [0.1, 0.15) is 11.9 Å². The van der Waals surface area contributed by atoms with Gasteiger partial charge < -0.3 is 15.7 Å². The number of carbonyl (C=O) groups is 1. The zero-order chi connectivity index (χ0) is 12.7. The van der Waals surface area contributed by atoms with Gasteiger partial charge in [-0.15, -0.1) is 0 Å². The molecule has 0 heterocycles. The Kier molecular flexibility index (Phi) is 5.25. The third-order valence-electron chi connectivity index (χ3n) is 2.18. The number of carbonyl (C=O) groups excluding carboxylic acids is 1. The van der Waals surface area contributed by atoms with Gasteiger partial charge >= 0.3 is 6.03 Å². The van der Waals surface area contributed by atoms with Crippen molar-refractivity contribution >= 4 is 6.03 Å². The van der Waals surface area contributed by atoms with Crippen LogP contribution in [0.3, 0.4) is 0 Å². The minimum Gasteiger partial charge on any atom is -0.508 e. The number of phenolic OH excluding ortho intramolecular Hbond substituents is 1. The number of amides is 2. The van der Waals surface area contributed by atoms with Crippen LogP contribution in [0.4, 0.5) is 4.79 Å². The lowest BCUT2D eigenvalue weighted by molar-refractivity contribution is -0.279. The first-order chi connectivity index (χ1) is 8.17. The first kappa shape index (κ1) is 13.3. The quantitative estimate of drug-likeness (QED) is 0.460. The van der Waals surface area contributed by atoms with Crippen molar-refractivity contribution < 1.29 is 20.0 Å². The van der Waals surface area contributed by atoms with E-state index in [9.17, 15) is 4.79 Å². The largest absolute Gasteiger partial charge is 0.508 e. The summed E-state index contributed by atoms with van der Waals surface area (Å²) >= 11 is 0. The Morgan fingerprint density at radius 1 is 1.35 bits per heavy atom. The molecule has 0 aliphatic carbocycles. The Bertz CT molecular complexity index is 353. The second kappa shape index (κ2) is 6.72. The van der Waals surface area contributed by atoms with Crippen molar-refractivity contribution in [3.63, 3.8) is 0 Å². The number of aromatic hydroxyl groups is 1. The normalized spacial score (nSPS) is 11.9. The summed E-state index contributed by atoms with van der Waals surface area (Å²) in [5.41, 5.74) is 0.655. The maximum absolute atomic E-state index is 11.1. The molecule has 0 spiro atoms. The molecule has 2 amide bonds. The van der Waals surface area contributed by atoms with Gasteiger partial charge in [-0.05, 0) is 24.6 Å². The maximum Gasteiger partial charge on any atom is 0.314 e. The molecule has 1 aromatic rings. The van der Waals surface area contributed by atoms with Crippen molar-refractivity contribution in [2.75, 3.05) is 13.1 Å². The van der Waals surface area contributed by atoms with Crippen LogP contribution in [0.15, 0.2) is 24.3 Å². The molecular weight excluding hydrogens is 224 g/mol. The van der Waals surface area contributed by atoms with E-state index in [0.717, 1.165) is 0 Å². The van der Waals surface area contributed by atoms with E-state index in [0.29, 0.717) is 12.1 Å². The van der Waals surface area contributed by atoms with Crippen molar-refractivity contribution in [3.05, 3.63) is 29.8 Å². The van der Waals surface area contributed by atoms with Crippen LogP contribution in [0.5, 0.6) is 5.75 Å². The van der Waals surface area contributed by atoms with Crippen molar-refractivity contribution in [2.24, 2.45) is 0 Å². The van der Waals surface area contributed by atoms with Crippen LogP contribution in [0.2, 0.25) is 0 Å². The summed E-state index contributed by atoms with van der Waals surface area (Å²) in [6, 6.07) is 5.85. The van der Waals surface area contributed by atoms with Gasteiger partial charge in [0.2, 0.25) is 0 Å². The van der Waals surface area contributed by atoms with E-state index in [2.05, 4.69) is 15.5 Å². The molecular formula is C11H16N2O4. The molecule has 94 valence electrons. The lowest BCUT2D eigenvalue weighted by atomic mass is 10.1. The van der Waals surface area contributed by atoms with Gasteiger partial charge in [-0.3, -0.25) is 5.26 Å². The smallest absolute Gasteiger partial charge is 0.314 e. The van der Waals surface area contributed by atoms with E-state index in [4.69, 9.17) is 10.4 Å². The fraction of sp³-hybridized carbons (Fsp3) is 0.364. The standard InChI is InChI=1S/C11H16N2O4/c1-2-12-11(15)13-7-10(17-16)8-3-5-9(14)6-4-8/h3-6,10,14,16H,2,7H2,1H3,(H2,12,13,15). The van der Waals surface area contributed by atoms with Gasteiger partial charge in [0.05, 0.1) is 6.54 Å². The maximum atomic E-state index is 11.1. The first-order valence-electron chi connectivity index (χ1n) is 5.28. The van der Waals surface area contributed by atoms with Gasteiger partial charge in [0, 0.05) is 6.54 Å². The van der Waals surface area contributed by atoms with E-state index in [1.165, 1.54) is 12.1 Å². The zero-order valence-corrected chi connectivity index (χ0v) is 9.51. The summed E-state index contributed by atoms with van der Waals surface area (Å²) in [7, 11) is 0. The van der Waals surface area contributed by atoms with Gasteiger partial charge in [0.15, 0.2) is 0 Å². The van der Waals surface area contributed by atoms with E-state index >= 15 is 0 Å². The van der Waals surface area contributed by atoms with Crippen LogP contribution in [0.1, 0.15) is 18.6 Å². The average Bonchev–Trinajstić information content (AvgIpc) is 2.32. The highest BCUT2D eigenvalue weighted by atomic mass is 17.1. The van der Waals surface area contributed by atoms with Crippen LogP contribution >= 0.6 is 0 Å². The van der Waals surface area contributed by atoms with Gasteiger partial charge in [0.25, 0.3) is 0 Å². The Morgan fingerprint density at radius 3 is 2.53 bits per heavy atom. The third kappa shape index (κ3) is 4.29. The predicted octanol–water partition coefficient (Wildman–Crippen LogP) is 1.24. The molecule has 1 aromatic carbocycles. The van der Waals surface area contributed by atoms with E-state index in [1.54, 1.807) is 19.1 Å². The number of hydrogen-bond donors (Lipinski definition) is 4. The third-order valence-corrected chi connectivity index (χ3v) is 2.18. The molecule has 1 atom stereocenters. The topological polar surface area (TPSA) is 90.8 Å². The van der Waals surface area contributed by atoms with Gasteiger partial charge in [-0.1, -0.05) is 12.1 Å². The Hall–Kier alpha value is -1.79. The van der Waals surface area contributed by atoms with Crippen LogP contribution in [-0.2, 0) is 4.89 Å². The number of hydrogen-bond acceptors (Lipinski definition) is 4. The number of nitrogens with one attached hydrogen (secondary N) is 2. The molecule has 0 fully saturated rings. The first-order valence-corrected chi connectivity index (χ1v) is 5.28. The number of benzene rings is 1. The van der Waals surface area contributed by atoms with E-state index in [1.807, 2.05) is 0 Å². The molecule has 6 nitrogen and oxygen atoms in total. The summed E-state index contributed by atoms with van der Waals surface area (Å²) in [5, 5.41) is 23.0. The summed E-state index contributed by atoms with van der Waals surface area (Å²) in [6.45, 7) is 2.46. The monoisotopic (exact) mass is 240 g/mol. The van der Waals surface area contributed by atoms with Crippen LogP contribution < -0.4 is 10.6 Å². The molecule has 0 aliphatic heterocycles. The van der Waals surface area contributed by atoms with Crippen molar-refractivity contribution in [3.8, 4) is 5.75 Å². The number of phenols is 1. The van der Waals surface area contributed by atoms with Crippen LogP contribution in [-0.4, -0.2) is 29.5 Å². The summed E-state index contributed by atoms with van der Waals surface area (Å²) in [6.07, 6.45) is -0.668. The second-order valence-electron chi connectivity index (χ2n) is 3.43. The lowest BCUT2D eigenvalue weighted by Crippen LogP contribution is -2.37. The highest BCUT2D eigenvalue weighted by molar-refractivity contribution is 5.73. The molecule has 17 heavy (non-hydrogen) atoms. The number of urea groups is 1. The Labute approximate surface area is 99.1 Å². The predicted molar refractivity (Wildman–Crippen MR) is 61.6 cm³/mol. The average molecular weight is 240 g/mol. The molecule has 0 radical (unpaired) electrons. The summed E-state index contributed by atoms with van der Waals surface area (Å²) < 4.78 is 0. The second-order valence-corrected chi connectivity index (χ2v) is 3.43. The molecule has 0 aliphatic rings. The highest BCUT2D eigenvalue weighted by Crippen LogP contribution is 2.18. The van der Waals surface area contributed by atoms with Gasteiger partial charge in [-0.25, -0.2) is 9.68 Å². The van der Waals surface area contributed by atoms with E-state index in [-0.39, 0.29) is 18.3 Å². The Balaban J connectivity index is 2.54. The van der Waals surface area contributed by atoms with Crippen molar-refractivity contribution in [1.29, 1.82) is 0 Å². The highest BCUT2D eigenvalue weighted by Gasteiger charge is 2.13. The molecule has 0 saturated heterocycles. The van der Waals surface area contributed by atoms with Crippen molar-refractivity contribution in [1.82, 2.24) is 10.6 Å². The lowest BCUT2D eigenvalue weighted by Gasteiger charge is -2.14. The summed E-state index contributed by atoms with van der Waals surface area (Å²) in [4.78, 5) is 15.4. The molecule has 0 bridgehead atoms. The number of rotatable bonds is 5. The van der Waals surface area contributed by atoms with Crippen molar-refractivity contribution in [2.45, 2.75) is 13.0 Å². The SMILES string of the molecule is CCNC(=O)NCC(OO)c1ccc(O)cc1. The fourth-order valence-corrected chi connectivity index (χ4v) is 1.31. The minimum absolute atomic E-state index is 0.127. The molecule has 4 N–H and O–H groups in total. The zero-order valence-electron chi connectivity index (χ0n) is 9.51. The molecule has 1 rings (SSSR count). The van der Waals surface area contributed by atoms with Crippen LogP contribution in [0, 0.1) is 0 Å². The summed E-state index contributed by atoms with van der Waals surface area (Å²) in [5.74, 6) is 0.127. The molecule has 0 saturated carbocycles. The van der Waals surface area contributed by atoms with E-state index < -0.39 is 6.10 Å². The molecule has 0 aromatic heterocycles. The van der Waals surface area contributed by atoms with Gasteiger partial charge in [-0.2, -0.15) is 0 Å². The minimum atomic E-state index is -0.668.